The lowest BCUT2D eigenvalue weighted by atomic mass is 9.78. The maximum Gasteiger partial charge on any atom is 0.310 e. The molecule has 1 aliphatic carbocycles. The van der Waals surface area contributed by atoms with E-state index in [-0.39, 0.29) is 5.92 Å². The Bertz CT molecular complexity index is 432. The van der Waals surface area contributed by atoms with Crippen LogP contribution in [0.1, 0.15) is 29.5 Å². The van der Waals surface area contributed by atoms with E-state index in [1.165, 1.54) is 11.1 Å². The number of aryl methyl sites for hydroxylation is 1. The van der Waals surface area contributed by atoms with Crippen LogP contribution in [-0.4, -0.2) is 11.1 Å². The Balaban J connectivity index is 2.52. The lowest BCUT2D eigenvalue weighted by Crippen LogP contribution is -2.21. The second-order valence-corrected chi connectivity index (χ2v) is 4.09. The van der Waals surface area contributed by atoms with Crippen LogP contribution in [0.5, 0.6) is 0 Å². The van der Waals surface area contributed by atoms with E-state index in [9.17, 15) is 4.79 Å². The van der Waals surface area contributed by atoms with Gasteiger partial charge in [0.05, 0.1) is 5.92 Å². The fourth-order valence-electron chi connectivity index (χ4n) is 2.32. The standard InChI is InChI=1S/C13H14O2/c1-8-4-3-5-10-6-7-11(13(14)15)9(2)12(8)10/h3-7,9,11H,1-2H3,(H,14,15). The fourth-order valence-corrected chi connectivity index (χ4v) is 2.32. The van der Waals surface area contributed by atoms with Crippen LogP contribution in [0.3, 0.4) is 0 Å². The molecule has 1 aromatic carbocycles. The van der Waals surface area contributed by atoms with Gasteiger partial charge in [-0.2, -0.15) is 0 Å². The van der Waals surface area contributed by atoms with Crippen LogP contribution in [0, 0.1) is 12.8 Å². The van der Waals surface area contributed by atoms with Crippen molar-refractivity contribution in [3.8, 4) is 0 Å². The van der Waals surface area contributed by atoms with Crippen molar-refractivity contribution in [2.24, 2.45) is 5.92 Å². The summed E-state index contributed by atoms with van der Waals surface area (Å²) in [6.45, 7) is 4.02. The molecule has 0 saturated carbocycles. The molecule has 2 heteroatoms. The van der Waals surface area contributed by atoms with Gasteiger partial charge in [-0.1, -0.05) is 37.3 Å². The Labute approximate surface area is 89.2 Å². The van der Waals surface area contributed by atoms with E-state index in [1.54, 1.807) is 6.08 Å². The highest BCUT2D eigenvalue weighted by atomic mass is 16.4. The molecule has 1 aliphatic rings. The third-order valence-electron chi connectivity index (χ3n) is 3.12. The molecule has 0 radical (unpaired) electrons. The van der Waals surface area contributed by atoms with Crippen LogP contribution < -0.4 is 0 Å². The minimum Gasteiger partial charge on any atom is -0.481 e. The van der Waals surface area contributed by atoms with Crippen molar-refractivity contribution in [3.63, 3.8) is 0 Å². The molecule has 0 aliphatic heterocycles. The number of carboxylic acids is 1. The Hall–Kier alpha value is -1.57. The predicted octanol–water partition coefficient (Wildman–Crippen LogP) is 2.83. The Morgan fingerprint density at radius 3 is 2.80 bits per heavy atom. The van der Waals surface area contributed by atoms with Crippen molar-refractivity contribution in [3.05, 3.63) is 41.0 Å². The number of hydrogen-bond donors (Lipinski definition) is 1. The van der Waals surface area contributed by atoms with Gasteiger partial charge in [-0.15, -0.1) is 0 Å². The van der Waals surface area contributed by atoms with Gasteiger partial charge in [-0.25, -0.2) is 0 Å². The maximum atomic E-state index is 11.0. The molecule has 2 unspecified atom stereocenters. The van der Waals surface area contributed by atoms with E-state index in [4.69, 9.17) is 5.11 Å². The highest BCUT2D eigenvalue weighted by Crippen LogP contribution is 2.35. The Morgan fingerprint density at radius 1 is 1.40 bits per heavy atom. The fraction of sp³-hybridized carbons (Fsp3) is 0.308. The molecule has 0 fully saturated rings. The molecule has 2 rings (SSSR count). The van der Waals surface area contributed by atoms with Crippen molar-refractivity contribution in [2.45, 2.75) is 19.8 Å². The van der Waals surface area contributed by atoms with E-state index in [0.29, 0.717) is 0 Å². The van der Waals surface area contributed by atoms with E-state index in [0.717, 1.165) is 5.56 Å². The van der Waals surface area contributed by atoms with E-state index in [1.807, 2.05) is 38.1 Å². The molecule has 0 bridgehead atoms. The first-order valence-corrected chi connectivity index (χ1v) is 5.12. The normalized spacial score (nSPS) is 23.6. The van der Waals surface area contributed by atoms with Gasteiger partial charge in [-0.3, -0.25) is 4.79 Å². The molecule has 0 spiro atoms. The molecular formula is C13H14O2. The average molecular weight is 202 g/mol. The number of rotatable bonds is 1. The molecule has 0 amide bonds. The second-order valence-electron chi connectivity index (χ2n) is 4.09. The van der Waals surface area contributed by atoms with Crippen molar-refractivity contribution >= 4 is 12.0 Å². The first-order valence-electron chi connectivity index (χ1n) is 5.12. The third kappa shape index (κ3) is 1.56. The van der Waals surface area contributed by atoms with Crippen LogP contribution in [0.4, 0.5) is 0 Å². The summed E-state index contributed by atoms with van der Waals surface area (Å²) >= 11 is 0. The van der Waals surface area contributed by atoms with Crippen molar-refractivity contribution in [1.82, 2.24) is 0 Å². The first-order chi connectivity index (χ1) is 7.11. The highest BCUT2D eigenvalue weighted by Gasteiger charge is 2.28. The van der Waals surface area contributed by atoms with Crippen molar-refractivity contribution < 1.29 is 9.90 Å². The summed E-state index contributed by atoms with van der Waals surface area (Å²) in [7, 11) is 0. The van der Waals surface area contributed by atoms with Gasteiger partial charge in [0.2, 0.25) is 0 Å². The summed E-state index contributed by atoms with van der Waals surface area (Å²) < 4.78 is 0. The first kappa shape index (κ1) is 9.97. The molecule has 0 aromatic heterocycles. The van der Waals surface area contributed by atoms with Crippen LogP contribution in [0.15, 0.2) is 24.3 Å². The molecule has 1 aromatic rings. The molecule has 78 valence electrons. The number of carbonyl (C=O) groups is 1. The minimum atomic E-state index is -0.743. The van der Waals surface area contributed by atoms with E-state index in [2.05, 4.69) is 0 Å². The topological polar surface area (TPSA) is 37.3 Å². The van der Waals surface area contributed by atoms with Gasteiger partial charge in [0, 0.05) is 0 Å². The van der Waals surface area contributed by atoms with Crippen LogP contribution in [0.2, 0.25) is 0 Å². The third-order valence-corrected chi connectivity index (χ3v) is 3.12. The molecular weight excluding hydrogens is 188 g/mol. The molecule has 15 heavy (non-hydrogen) atoms. The summed E-state index contributed by atoms with van der Waals surface area (Å²) in [5.41, 5.74) is 3.50. The number of aliphatic carboxylic acids is 1. The number of carboxylic acid groups (broad SMARTS) is 1. The van der Waals surface area contributed by atoms with Crippen LogP contribution in [0.25, 0.3) is 6.08 Å². The highest BCUT2D eigenvalue weighted by molar-refractivity contribution is 5.78. The summed E-state index contributed by atoms with van der Waals surface area (Å²) in [6.07, 6.45) is 3.70. The maximum absolute atomic E-state index is 11.0. The van der Waals surface area contributed by atoms with E-state index < -0.39 is 11.9 Å². The predicted molar refractivity (Wildman–Crippen MR) is 59.8 cm³/mol. The lowest BCUT2D eigenvalue weighted by molar-refractivity contribution is -0.140. The monoisotopic (exact) mass is 202 g/mol. The zero-order chi connectivity index (χ0) is 11.0. The molecule has 2 nitrogen and oxygen atoms in total. The minimum absolute atomic E-state index is 0.0590. The molecule has 2 atom stereocenters. The summed E-state index contributed by atoms with van der Waals surface area (Å²) in [6, 6.07) is 6.08. The van der Waals surface area contributed by atoms with Gasteiger partial charge in [0.25, 0.3) is 0 Å². The van der Waals surface area contributed by atoms with Crippen molar-refractivity contribution in [2.75, 3.05) is 0 Å². The Kier molecular flexibility index (Phi) is 2.35. The zero-order valence-corrected chi connectivity index (χ0v) is 8.90. The molecule has 0 heterocycles. The van der Waals surface area contributed by atoms with Gasteiger partial charge in [0.15, 0.2) is 0 Å². The van der Waals surface area contributed by atoms with Crippen molar-refractivity contribution in [1.29, 1.82) is 0 Å². The summed E-state index contributed by atoms with van der Waals surface area (Å²) in [4.78, 5) is 11.0. The summed E-state index contributed by atoms with van der Waals surface area (Å²) in [5, 5.41) is 9.07. The zero-order valence-electron chi connectivity index (χ0n) is 8.90. The van der Waals surface area contributed by atoms with E-state index >= 15 is 0 Å². The van der Waals surface area contributed by atoms with Gasteiger partial charge in [-0.05, 0) is 29.5 Å². The van der Waals surface area contributed by atoms with Gasteiger partial charge in [0.1, 0.15) is 0 Å². The molecule has 1 N–H and O–H groups in total. The van der Waals surface area contributed by atoms with Crippen LogP contribution in [-0.2, 0) is 4.79 Å². The Morgan fingerprint density at radius 2 is 2.13 bits per heavy atom. The number of benzene rings is 1. The quantitative estimate of drug-likeness (QED) is 0.760. The molecule has 0 saturated heterocycles. The summed E-state index contributed by atoms with van der Waals surface area (Å²) in [5.74, 6) is -1.07. The van der Waals surface area contributed by atoms with Gasteiger partial charge < -0.3 is 5.11 Å². The number of fused-ring (bicyclic) bond motifs is 1. The lowest BCUT2D eigenvalue weighted by Gasteiger charge is -2.25. The smallest absolute Gasteiger partial charge is 0.310 e. The van der Waals surface area contributed by atoms with Crippen LogP contribution >= 0.6 is 0 Å². The largest absolute Gasteiger partial charge is 0.481 e. The number of hydrogen-bond acceptors (Lipinski definition) is 1. The second kappa shape index (κ2) is 3.54. The SMILES string of the molecule is Cc1cccc2c1C(C)C(C(=O)O)C=C2. The average Bonchev–Trinajstić information content (AvgIpc) is 2.17. The van der Waals surface area contributed by atoms with Gasteiger partial charge >= 0.3 is 5.97 Å².